The Hall–Kier alpha value is -1.62. The van der Waals surface area contributed by atoms with E-state index in [0.717, 1.165) is 18.8 Å². The molecule has 5 nitrogen and oxygen atoms in total. The third-order valence-corrected chi connectivity index (χ3v) is 3.62. The van der Waals surface area contributed by atoms with Crippen LogP contribution in [0.15, 0.2) is 12.1 Å². The Balaban J connectivity index is 2.00. The van der Waals surface area contributed by atoms with Crippen LogP contribution in [0.25, 0.3) is 0 Å². The molecule has 0 unspecified atom stereocenters. The van der Waals surface area contributed by atoms with E-state index in [0.29, 0.717) is 11.4 Å². The zero-order valence-electron chi connectivity index (χ0n) is 12.2. The van der Waals surface area contributed by atoms with Crippen LogP contribution < -0.4 is 5.32 Å². The normalized spacial score (nSPS) is 15.8. The molecule has 2 rings (SSSR count). The van der Waals surface area contributed by atoms with Crippen molar-refractivity contribution < 1.29 is 9.90 Å². The molecule has 110 valence electrons. The molecule has 0 aliphatic carbocycles. The van der Waals surface area contributed by atoms with Crippen molar-refractivity contribution in [2.24, 2.45) is 0 Å². The number of nitrogens with one attached hydrogen (secondary N) is 1. The van der Waals surface area contributed by atoms with Gasteiger partial charge in [0.05, 0.1) is 5.56 Å². The van der Waals surface area contributed by atoms with E-state index < -0.39 is 5.97 Å². The number of nitrogens with zero attached hydrogens (tertiary/aromatic N) is 2. The zero-order valence-corrected chi connectivity index (χ0v) is 12.2. The van der Waals surface area contributed by atoms with E-state index in [1.165, 1.54) is 25.9 Å². The Bertz CT molecular complexity index is 468. The third-order valence-electron chi connectivity index (χ3n) is 3.62. The molecule has 1 aromatic rings. The number of rotatable bonds is 6. The van der Waals surface area contributed by atoms with Gasteiger partial charge in [0, 0.05) is 18.8 Å². The van der Waals surface area contributed by atoms with E-state index in [9.17, 15) is 4.79 Å². The van der Waals surface area contributed by atoms with E-state index >= 15 is 0 Å². The van der Waals surface area contributed by atoms with Gasteiger partial charge in [0.25, 0.3) is 0 Å². The first-order valence-corrected chi connectivity index (χ1v) is 7.28. The highest BCUT2D eigenvalue weighted by Gasteiger charge is 2.12. The fraction of sp³-hybridized carbons (Fsp3) is 0.600. The Morgan fingerprint density at radius 2 is 2.10 bits per heavy atom. The average molecular weight is 277 g/mol. The van der Waals surface area contributed by atoms with E-state index in [1.54, 1.807) is 12.1 Å². The highest BCUT2D eigenvalue weighted by molar-refractivity contribution is 5.88. The van der Waals surface area contributed by atoms with Gasteiger partial charge in [0.2, 0.25) is 0 Å². The lowest BCUT2D eigenvalue weighted by Crippen LogP contribution is -2.26. The molecule has 0 aromatic carbocycles. The molecule has 2 heterocycles. The number of pyridine rings is 1. The number of hydrogen-bond donors (Lipinski definition) is 2. The lowest BCUT2D eigenvalue weighted by Gasteiger charge is -2.16. The summed E-state index contributed by atoms with van der Waals surface area (Å²) in [5.41, 5.74) is 1.11. The van der Waals surface area contributed by atoms with Gasteiger partial charge in [-0.2, -0.15) is 0 Å². The van der Waals surface area contributed by atoms with Gasteiger partial charge in [0.15, 0.2) is 0 Å². The lowest BCUT2D eigenvalue weighted by molar-refractivity contribution is 0.0696. The molecular weight excluding hydrogens is 254 g/mol. The van der Waals surface area contributed by atoms with Crippen molar-refractivity contribution in [3.63, 3.8) is 0 Å². The summed E-state index contributed by atoms with van der Waals surface area (Å²) in [6.07, 6.45) is 2.56. The summed E-state index contributed by atoms with van der Waals surface area (Å²) in [6.45, 7) is 8.15. The summed E-state index contributed by atoms with van der Waals surface area (Å²) in [4.78, 5) is 18.0. The van der Waals surface area contributed by atoms with Gasteiger partial charge < -0.3 is 15.3 Å². The number of likely N-dealkylation sites (tertiary alicyclic amines) is 1. The van der Waals surface area contributed by atoms with Crippen LogP contribution in [-0.2, 0) is 0 Å². The van der Waals surface area contributed by atoms with E-state index in [1.807, 2.05) is 13.8 Å². The standard InChI is InChI=1S/C15H23N3O2/c1-11(2)13-9-12(15(19)20)10-14(17-13)16-5-8-18-6-3-4-7-18/h9-11H,3-8H2,1-2H3,(H,16,17)(H,19,20). The fourth-order valence-electron chi connectivity index (χ4n) is 2.41. The quantitative estimate of drug-likeness (QED) is 0.836. The number of carboxylic acids is 1. The Kier molecular flexibility index (Phi) is 4.95. The van der Waals surface area contributed by atoms with Crippen molar-refractivity contribution in [1.82, 2.24) is 9.88 Å². The molecule has 0 bridgehead atoms. The first kappa shape index (κ1) is 14.8. The number of hydrogen-bond acceptors (Lipinski definition) is 4. The molecule has 1 fully saturated rings. The monoisotopic (exact) mass is 277 g/mol. The van der Waals surface area contributed by atoms with Crippen LogP contribution in [0, 0.1) is 0 Å². The Morgan fingerprint density at radius 3 is 2.70 bits per heavy atom. The first-order chi connectivity index (χ1) is 9.56. The molecule has 1 aliphatic heterocycles. The van der Waals surface area contributed by atoms with Crippen molar-refractivity contribution >= 4 is 11.8 Å². The summed E-state index contributed by atoms with van der Waals surface area (Å²) in [7, 11) is 0. The summed E-state index contributed by atoms with van der Waals surface area (Å²) in [5.74, 6) is -0.0295. The highest BCUT2D eigenvalue weighted by Crippen LogP contribution is 2.17. The lowest BCUT2D eigenvalue weighted by atomic mass is 10.1. The molecular formula is C15H23N3O2. The number of anilines is 1. The van der Waals surface area contributed by atoms with Gasteiger partial charge in [-0.05, 0) is 44.0 Å². The Morgan fingerprint density at radius 1 is 1.40 bits per heavy atom. The number of aromatic carboxylic acids is 1. The smallest absolute Gasteiger partial charge is 0.335 e. The summed E-state index contributed by atoms with van der Waals surface area (Å²) in [5, 5.41) is 12.4. The third kappa shape index (κ3) is 3.93. The SMILES string of the molecule is CC(C)c1cc(C(=O)O)cc(NCCN2CCCC2)n1. The van der Waals surface area contributed by atoms with Crippen molar-refractivity contribution in [3.8, 4) is 0 Å². The molecule has 1 aromatic heterocycles. The molecule has 20 heavy (non-hydrogen) atoms. The van der Waals surface area contributed by atoms with Crippen LogP contribution in [-0.4, -0.2) is 47.1 Å². The van der Waals surface area contributed by atoms with Gasteiger partial charge in [-0.25, -0.2) is 9.78 Å². The molecule has 1 saturated heterocycles. The van der Waals surface area contributed by atoms with Crippen LogP contribution in [0.2, 0.25) is 0 Å². The van der Waals surface area contributed by atoms with Crippen LogP contribution in [0.4, 0.5) is 5.82 Å². The number of carboxylic acid groups (broad SMARTS) is 1. The summed E-state index contributed by atoms with van der Waals surface area (Å²) < 4.78 is 0. The molecule has 0 spiro atoms. The number of aromatic nitrogens is 1. The maximum Gasteiger partial charge on any atom is 0.335 e. The molecule has 0 radical (unpaired) electrons. The second-order valence-corrected chi connectivity index (χ2v) is 5.60. The van der Waals surface area contributed by atoms with Crippen molar-refractivity contribution in [1.29, 1.82) is 0 Å². The predicted molar refractivity (Wildman–Crippen MR) is 79.4 cm³/mol. The highest BCUT2D eigenvalue weighted by atomic mass is 16.4. The van der Waals surface area contributed by atoms with Crippen molar-refractivity contribution in [3.05, 3.63) is 23.4 Å². The molecule has 0 atom stereocenters. The van der Waals surface area contributed by atoms with Crippen LogP contribution in [0.1, 0.15) is 48.7 Å². The second kappa shape index (κ2) is 6.70. The van der Waals surface area contributed by atoms with Crippen LogP contribution in [0.3, 0.4) is 0 Å². The topological polar surface area (TPSA) is 65.5 Å². The minimum Gasteiger partial charge on any atom is -0.478 e. The zero-order chi connectivity index (χ0) is 14.5. The van der Waals surface area contributed by atoms with Crippen molar-refractivity contribution in [2.45, 2.75) is 32.6 Å². The predicted octanol–water partition coefficient (Wildman–Crippen LogP) is 2.41. The van der Waals surface area contributed by atoms with E-state index in [4.69, 9.17) is 5.11 Å². The van der Waals surface area contributed by atoms with Gasteiger partial charge in [0.1, 0.15) is 5.82 Å². The minimum atomic E-state index is -0.906. The first-order valence-electron chi connectivity index (χ1n) is 7.28. The summed E-state index contributed by atoms with van der Waals surface area (Å²) in [6, 6.07) is 3.26. The fourth-order valence-corrected chi connectivity index (χ4v) is 2.41. The Labute approximate surface area is 120 Å². The average Bonchev–Trinajstić information content (AvgIpc) is 2.91. The molecule has 5 heteroatoms. The van der Waals surface area contributed by atoms with E-state index in [2.05, 4.69) is 15.2 Å². The second-order valence-electron chi connectivity index (χ2n) is 5.60. The van der Waals surface area contributed by atoms with Gasteiger partial charge in [-0.1, -0.05) is 13.8 Å². The van der Waals surface area contributed by atoms with Gasteiger partial charge >= 0.3 is 5.97 Å². The molecule has 0 saturated carbocycles. The molecule has 0 amide bonds. The number of carbonyl (C=O) groups is 1. The van der Waals surface area contributed by atoms with Crippen LogP contribution >= 0.6 is 0 Å². The van der Waals surface area contributed by atoms with Gasteiger partial charge in [-0.3, -0.25) is 0 Å². The van der Waals surface area contributed by atoms with Crippen molar-refractivity contribution in [2.75, 3.05) is 31.5 Å². The maximum absolute atomic E-state index is 11.1. The minimum absolute atomic E-state index is 0.216. The maximum atomic E-state index is 11.1. The van der Waals surface area contributed by atoms with Crippen LogP contribution in [0.5, 0.6) is 0 Å². The van der Waals surface area contributed by atoms with Gasteiger partial charge in [-0.15, -0.1) is 0 Å². The summed E-state index contributed by atoms with van der Waals surface area (Å²) >= 11 is 0. The van der Waals surface area contributed by atoms with E-state index in [-0.39, 0.29) is 5.92 Å². The molecule has 1 aliphatic rings. The largest absolute Gasteiger partial charge is 0.478 e. The molecule has 2 N–H and O–H groups in total.